The van der Waals surface area contributed by atoms with Gasteiger partial charge in [0.2, 0.25) is 0 Å². The molecular formula is C13H28N2. The second-order valence-corrected chi connectivity index (χ2v) is 4.88. The van der Waals surface area contributed by atoms with E-state index >= 15 is 0 Å². The van der Waals surface area contributed by atoms with E-state index in [0.717, 1.165) is 12.1 Å². The molecule has 1 saturated carbocycles. The summed E-state index contributed by atoms with van der Waals surface area (Å²) in [5.74, 6) is 0. The SMILES string of the molecule is CCCCN(CCNC1CC1)C(C)CC. The van der Waals surface area contributed by atoms with E-state index < -0.39 is 0 Å². The highest BCUT2D eigenvalue weighted by Crippen LogP contribution is 2.18. The lowest BCUT2D eigenvalue weighted by atomic mass is 10.2. The molecule has 1 unspecified atom stereocenters. The van der Waals surface area contributed by atoms with Gasteiger partial charge in [0, 0.05) is 25.2 Å². The molecule has 0 saturated heterocycles. The van der Waals surface area contributed by atoms with Crippen LogP contribution in [0.15, 0.2) is 0 Å². The average molecular weight is 212 g/mol. The lowest BCUT2D eigenvalue weighted by Gasteiger charge is -2.28. The lowest BCUT2D eigenvalue weighted by molar-refractivity contribution is 0.201. The Morgan fingerprint density at radius 2 is 2.00 bits per heavy atom. The van der Waals surface area contributed by atoms with Crippen molar-refractivity contribution < 1.29 is 0 Å². The zero-order valence-electron chi connectivity index (χ0n) is 10.8. The summed E-state index contributed by atoms with van der Waals surface area (Å²) < 4.78 is 0. The number of nitrogens with one attached hydrogen (secondary N) is 1. The van der Waals surface area contributed by atoms with E-state index in [1.165, 1.54) is 51.7 Å². The molecule has 1 aliphatic rings. The Hall–Kier alpha value is -0.0800. The predicted molar refractivity (Wildman–Crippen MR) is 67.3 cm³/mol. The van der Waals surface area contributed by atoms with Crippen LogP contribution in [0.1, 0.15) is 52.9 Å². The number of nitrogens with zero attached hydrogens (tertiary/aromatic N) is 1. The van der Waals surface area contributed by atoms with Crippen molar-refractivity contribution in [2.75, 3.05) is 19.6 Å². The Morgan fingerprint density at radius 1 is 1.27 bits per heavy atom. The van der Waals surface area contributed by atoms with Crippen molar-refractivity contribution in [2.24, 2.45) is 0 Å². The van der Waals surface area contributed by atoms with Gasteiger partial charge in [-0.15, -0.1) is 0 Å². The fraction of sp³-hybridized carbons (Fsp3) is 1.00. The third kappa shape index (κ3) is 5.53. The van der Waals surface area contributed by atoms with Gasteiger partial charge in [0.1, 0.15) is 0 Å². The number of unbranched alkanes of at least 4 members (excludes halogenated alkanes) is 1. The van der Waals surface area contributed by atoms with Crippen molar-refractivity contribution in [1.82, 2.24) is 10.2 Å². The minimum absolute atomic E-state index is 0.748. The monoisotopic (exact) mass is 212 g/mol. The molecule has 0 radical (unpaired) electrons. The molecule has 0 bridgehead atoms. The van der Waals surface area contributed by atoms with Gasteiger partial charge >= 0.3 is 0 Å². The van der Waals surface area contributed by atoms with Crippen molar-refractivity contribution >= 4 is 0 Å². The molecule has 1 atom stereocenters. The molecule has 0 aliphatic heterocycles. The van der Waals surface area contributed by atoms with E-state index in [9.17, 15) is 0 Å². The zero-order chi connectivity index (χ0) is 11.1. The summed E-state index contributed by atoms with van der Waals surface area (Å²) in [5, 5.41) is 3.60. The molecule has 1 fully saturated rings. The first-order valence-electron chi connectivity index (χ1n) is 6.75. The fourth-order valence-electron chi connectivity index (χ4n) is 1.87. The van der Waals surface area contributed by atoms with Crippen molar-refractivity contribution in [3.63, 3.8) is 0 Å². The predicted octanol–water partition coefficient (Wildman–Crippen LogP) is 2.64. The molecule has 90 valence electrons. The molecule has 2 heteroatoms. The summed E-state index contributed by atoms with van der Waals surface area (Å²) in [5.41, 5.74) is 0. The summed E-state index contributed by atoms with van der Waals surface area (Å²) in [4.78, 5) is 2.64. The summed E-state index contributed by atoms with van der Waals surface area (Å²) >= 11 is 0. The second-order valence-electron chi connectivity index (χ2n) is 4.88. The number of hydrogen-bond acceptors (Lipinski definition) is 2. The molecule has 0 aromatic carbocycles. The van der Waals surface area contributed by atoms with Crippen molar-refractivity contribution in [1.29, 1.82) is 0 Å². The topological polar surface area (TPSA) is 15.3 Å². The first kappa shape index (κ1) is 13.0. The van der Waals surface area contributed by atoms with E-state index in [0.29, 0.717) is 0 Å². The van der Waals surface area contributed by atoms with Crippen LogP contribution in [0.5, 0.6) is 0 Å². The quantitative estimate of drug-likeness (QED) is 0.632. The minimum atomic E-state index is 0.748. The molecule has 0 heterocycles. The Morgan fingerprint density at radius 3 is 2.53 bits per heavy atom. The maximum absolute atomic E-state index is 3.60. The molecule has 0 aromatic heterocycles. The molecule has 1 aliphatic carbocycles. The maximum atomic E-state index is 3.60. The van der Waals surface area contributed by atoms with Gasteiger partial charge in [0.15, 0.2) is 0 Å². The molecule has 0 amide bonds. The van der Waals surface area contributed by atoms with E-state index in [2.05, 4.69) is 31.0 Å². The van der Waals surface area contributed by atoms with Gasteiger partial charge in [0.05, 0.1) is 0 Å². The summed E-state index contributed by atoms with van der Waals surface area (Å²) in [6.45, 7) is 10.6. The lowest BCUT2D eigenvalue weighted by Crippen LogP contribution is -2.39. The van der Waals surface area contributed by atoms with Crippen LogP contribution in [0.3, 0.4) is 0 Å². The highest BCUT2D eigenvalue weighted by molar-refractivity contribution is 4.81. The molecule has 1 N–H and O–H groups in total. The van der Waals surface area contributed by atoms with Crippen LogP contribution < -0.4 is 5.32 Å². The summed E-state index contributed by atoms with van der Waals surface area (Å²) in [6.07, 6.45) is 6.72. The van der Waals surface area contributed by atoms with Gasteiger partial charge in [-0.1, -0.05) is 20.3 Å². The molecule has 0 aromatic rings. The number of hydrogen-bond donors (Lipinski definition) is 1. The van der Waals surface area contributed by atoms with Crippen LogP contribution in [0.4, 0.5) is 0 Å². The van der Waals surface area contributed by atoms with Gasteiger partial charge in [0.25, 0.3) is 0 Å². The van der Waals surface area contributed by atoms with Crippen LogP contribution in [0, 0.1) is 0 Å². The Bertz CT molecular complexity index is 155. The minimum Gasteiger partial charge on any atom is -0.313 e. The van der Waals surface area contributed by atoms with Crippen LogP contribution in [0.2, 0.25) is 0 Å². The normalized spacial score (nSPS) is 18.4. The highest BCUT2D eigenvalue weighted by Gasteiger charge is 2.20. The standard InChI is InChI=1S/C13H28N2/c1-4-6-10-15(12(3)5-2)11-9-14-13-7-8-13/h12-14H,4-11H2,1-3H3. The third-order valence-electron chi connectivity index (χ3n) is 3.42. The highest BCUT2D eigenvalue weighted by atomic mass is 15.2. The van der Waals surface area contributed by atoms with Crippen molar-refractivity contribution in [3.05, 3.63) is 0 Å². The van der Waals surface area contributed by atoms with E-state index in [1.54, 1.807) is 0 Å². The molecular weight excluding hydrogens is 184 g/mol. The molecule has 2 nitrogen and oxygen atoms in total. The average Bonchev–Trinajstić information content (AvgIpc) is 3.06. The van der Waals surface area contributed by atoms with Gasteiger partial charge < -0.3 is 5.32 Å². The molecule has 15 heavy (non-hydrogen) atoms. The number of rotatable bonds is 9. The van der Waals surface area contributed by atoms with Crippen molar-refractivity contribution in [3.8, 4) is 0 Å². The third-order valence-corrected chi connectivity index (χ3v) is 3.42. The molecule has 0 spiro atoms. The maximum Gasteiger partial charge on any atom is 0.0110 e. The van der Waals surface area contributed by atoms with E-state index in [4.69, 9.17) is 0 Å². The first-order chi connectivity index (χ1) is 7.27. The van der Waals surface area contributed by atoms with Crippen LogP contribution in [0.25, 0.3) is 0 Å². The smallest absolute Gasteiger partial charge is 0.0110 e. The van der Waals surface area contributed by atoms with Crippen LogP contribution >= 0.6 is 0 Å². The van der Waals surface area contributed by atoms with Gasteiger partial charge in [-0.05, 0) is 39.2 Å². The van der Waals surface area contributed by atoms with Gasteiger partial charge in [-0.25, -0.2) is 0 Å². The summed E-state index contributed by atoms with van der Waals surface area (Å²) in [7, 11) is 0. The fourth-order valence-corrected chi connectivity index (χ4v) is 1.87. The van der Waals surface area contributed by atoms with Gasteiger partial charge in [-0.2, -0.15) is 0 Å². The van der Waals surface area contributed by atoms with Crippen LogP contribution in [-0.2, 0) is 0 Å². The Kier molecular flexibility index (Phi) is 6.26. The molecule has 1 rings (SSSR count). The van der Waals surface area contributed by atoms with Gasteiger partial charge in [-0.3, -0.25) is 4.90 Å². The largest absolute Gasteiger partial charge is 0.313 e. The van der Waals surface area contributed by atoms with E-state index in [-0.39, 0.29) is 0 Å². The van der Waals surface area contributed by atoms with E-state index in [1.807, 2.05) is 0 Å². The Labute approximate surface area is 95.4 Å². The second kappa shape index (κ2) is 7.24. The zero-order valence-corrected chi connectivity index (χ0v) is 10.8. The summed E-state index contributed by atoms with van der Waals surface area (Å²) in [6, 6.07) is 1.60. The Balaban J connectivity index is 2.13. The van der Waals surface area contributed by atoms with Crippen molar-refractivity contribution in [2.45, 2.75) is 65.0 Å². The van der Waals surface area contributed by atoms with Crippen LogP contribution in [-0.4, -0.2) is 36.6 Å². The first-order valence-corrected chi connectivity index (χ1v) is 6.75.